The van der Waals surface area contributed by atoms with Crippen molar-refractivity contribution >= 4 is 27.0 Å². The average molecular weight is 192 g/mol. The van der Waals surface area contributed by atoms with Crippen molar-refractivity contribution in [1.29, 1.82) is 5.26 Å². The summed E-state index contributed by atoms with van der Waals surface area (Å²) in [6.45, 7) is 3.20. The molecule has 0 N–H and O–H groups in total. The summed E-state index contributed by atoms with van der Waals surface area (Å²) in [5.74, 6) is 0. The van der Waals surface area contributed by atoms with Gasteiger partial charge in [-0.2, -0.15) is 16.3 Å². The molecule has 0 saturated heterocycles. The van der Waals surface area contributed by atoms with E-state index >= 15 is 0 Å². The second kappa shape index (κ2) is 4.94. The van der Waals surface area contributed by atoms with Gasteiger partial charge in [-0.05, 0) is 6.42 Å². The minimum Gasteiger partial charge on any atom is -0.198 e. The molecule has 0 rings (SSSR count). The Morgan fingerprint density at radius 2 is 2.20 bits per heavy atom. The highest BCUT2D eigenvalue weighted by molar-refractivity contribution is 7.47. The number of unbranched alkanes of at least 4 members (excludes halogenated alkanes) is 1. The third-order valence-corrected chi connectivity index (χ3v) is 9.68. The Labute approximate surface area is 70.7 Å². The van der Waals surface area contributed by atoms with Crippen LogP contribution in [0.2, 0.25) is 19.1 Å². The molecule has 0 aromatic rings. The molecule has 0 aliphatic carbocycles. The first-order chi connectivity index (χ1) is 4.56. The van der Waals surface area contributed by atoms with Gasteiger partial charge < -0.3 is 0 Å². The summed E-state index contributed by atoms with van der Waals surface area (Å²) in [7, 11) is -0.0175. The van der Waals surface area contributed by atoms with Crippen molar-refractivity contribution < 1.29 is 0 Å². The highest BCUT2D eigenvalue weighted by atomic mass is 35.6. The molecular formula is C6H14ClNSi2. The third kappa shape index (κ3) is 8.21. The fourth-order valence-electron chi connectivity index (χ4n) is 0.749. The molecule has 0 saturated carbocycles. The van der Waals surface area contributed by atoms with Crippen molar-refractivity contribution in [3.63, 3.8) is 0 Å². The molecule has 10 heavy (non-hydrogen) atoms. The maximum atomic E-state index is 8.24. The molecule has 0 amide bonds. The van der Waals surface area contributed by atoms with E-state index in [0.29, 0.717) is 6.42 Å². The first kappa shape index (κ1) is 10.2. The van der Waals surface area contributed by atoms with Crippen LogP contribution >= 0.6 is 11.1 Å². The maximum Gasteiger partial charge on any atom is 0.133 e. The number of nitriles is 1. The quantitative estimate of drug-likeness (QED) is 0.378. The molecule has 0 aliphatic heterocycles. The van der Waals surface area contributed by atoms with Crippen molar-refractivity contribution in [2.45, 2.75) is 32.0 Å². The molecule has 0 aromatic carbocycles. The number of nitrogens with zero attached hydrogens (tertiary/aromatic N) is 1. The Morgan fingerprint density at radius 1 is 1.60 bits per heavy atom. The van der Waals surface area contributed by atoms with Crippen molar-refractivity contribution in [2.24, 2.45) is 0 Å². The number of rotatable bonds is 4. The van der Waals surface area contributed by atoms with Crippen LogP contribution in [0.15, 0.2) is 0 Å². The topological polar surface area (TPSA) is 23.8 Å². The first-order valence-electron chi connectivity index (χ1n) is 3.62. The minimum atomic E-state index is -1.21. The van der Waals surface area contributed by atoms with E-state index in [0.717, 1.165) is 6.42 Å². The summed E-state index contributed by atoms with van der Waals surface area (Å²) in [6, 6.07) is 3.41. The van der Waals surface area contributed by atoms with Crippen LogP contribution in [0.5, 0.6) is 0 Å². The zero-order chi connectivity index (χ0) is 8.04. The fourth-order valence-corrected chi connectivity index (χ4v) is 6.57. The molecule has 0 unspecified atom stereocenters. The Balaban J connectivity index is 3.14. The van der Waals surface area contributed by atoms with Crippen LogP contribution in [0.4, 0.5) is 0 Å². The van der Waals surface area contributed by atoms with Gasteiger partial charge >= 0.3 is 0 Å². The molecule has 0 fully saturated rings. The van der Waals surface area contributed by atoms with Gasteiger partial charge in [-0.15, -0.1) is 0 Å². The predicted molar refractivity (Wildman–Crippen MR) is 51.5 cm³/mol. The zero-order valence-corrected chi connectivity index (χ0v) is 9.82. The molecule has 0 bridgehead atoms. The Hall–Kier alpha value is 0.214. The van der Waals surface area contributed by atoms with Crippen molar-refractivity contribution in [3.05, 3.63) is 0 Å². The van der Waals surface area contributed by atoms with E-state index in [-0.39, 0.29) is 9.04 Å². The molecule has 4 heteroatoms. The molecule has 0 heterocycles. The third-order valence-electron chi connectivity index (χ3n) is 1.31. The number of hydrogen-bond donors (Lipinski definition) is 0. The van der Waals surface area contributed by atoms with Gasteiger partial charge in [-0.25, -0.2) is 0 Å². The lowest BCUT2D eigenvalue weighted by Crippen LogP contribution is -2.26. The number of hydrogen-bond acceptors (Lipinski definition) is 1. The fraction of sp³-hybridized carbons (Fsp3) is 0.833. The molecule has 1 nitrogen and oxygen atoms in total. The largest absolute Gasteiger partial charge is 0.198 e. The average Bonchev–Trinajstić information content (AvgIpc) is 1.78. The van der Waals surface area contributed by atoms with Gasteiger partial charge in [-0.3, -0.25) is 0 Å². The highest BCUT2D eigenvalue weighted by Crippen LogP contribution is 2.08. The van der Waals surface area contributed by atoms with Gasteiger partial charge in [0.05, 0.1) is 6.07 Å². The summed E-state index contributed by atoms with van der Waals surface area (Å²) in [5, 5.41) is 8.24. The van der Waals surface area contributed by atoms with E-state index in [1.54, 1.807) is 0 Å². The molecular weight excluding hydrogens is 178 g/mol. The summed E-state index contributed by atoms with van der Waals surface area (Å²) >= 11 is 6.13. The molecule has 0 radical (unpaired) electrons. The van der Waals surface area contributed by atoms with Gasteiger partial charge in [0.15, 0.2) is 0 Å². The molecule has 0 aromatic heterocycles. The minimum absolute atomic E-state index is 0.0175. The van der Waals surface area contributed by atoms with Gasteiger partial charge in [-0.1, -0.05) is 19.1 Å². The van der Waals surface area contributed by atoms with Crippen LogP contribution in [-0.4, -0.2) is 15.9 Å². The van der Waals surface area contributed by atoms with Crippen LogP contribution in [0.25, 0.3) is 0 Å². The normalized spacial score (nSPS) is 12.2. The monoisotopic (exact) mass is 191 g/mol. The van der Waals surface area contributed by atoms with E-state index in [4.69, 9.17) is 16.3 Å². The van der Waals surface area contributed by atoms with E-state index in [1.807, 2.05) is 0 Å². The highest BCUT2D eigenvalue weighted by Gasteiger charge is 2.15. The SMILES string of the molecule is C[Si](C)(Cl)[SiH2]CCCC#N. The van der Waals surface area contributed by atoms with Crippen molar-refractivity contribution in [3.8, 4) is 6.07 Å². The van der Waals surface area contributed by atoms with Crippen molar-refractivity contribution in [2.75, 3.05) is 0 Å². The summed E-state index contributed by atoms with van der Waals surface area (Å²) < 4.78 is 0. The lowest BCUT2D eigenvalue weighted by atomic mass is 10.4. The van der Waals surface area contributed by atoms with E-state index < -0.39 is 6.90 Å². The second-order valence-electron chi connectivity index (χ2n) is 3.08. The molecule has 0 aliphatic rings. The van der Waals surface area contributed by atoms with Crippen LogP contribution in [-0.2, 0) is 0 Å². The first-order valence-corrected chi connectivity index (χ1v) is 11.0. The summed E-state index contributed by atoms with van der Waals surface area (Å²) in [5.41, 5.74) is 0. The maximum absolute atomic E-state index is 8.24. The van der Waals surface area contributed by atoms with Gasteiger partial charge in [0.1, 0.15) is 6.90 Å². The van der Waals surface area contributed by atoms with Crippen molar-refractivity contribution in [1.82, 2.24) is 0 Å². The van der Waals surface area contributed by atoms with E-state index in [9.17, 15) is 0 Å². The molecule has 58 valence electrons. The molecule has 0 atom stereocenters. The van der Waals surface area contributed by atoms with Crippen LogP contribution in [0, 0.1) is 11.3 Å². The Morgan fingerprint density at radius 3 is 2.60 bits per heavy atom. The Kier molecular flexibility index (Phi) is 5.05. The van der Waals surface area contributed by atoms with Gasteiger partial charge in [0.25, 0.3) is 0 Å². The lowest BCUT2D eigenvalue weighted by molar-refractivity contribution is 0.963. The van der Waals surface area contributed by atoms with Crippen LogP contribution in [0.1, 0.15) is 12.8 Å². The smallest absolute Gasteiger partial charge is 0.133 e. The van der Waals surface area contributed by atoms with Crippen LogP contribution in [0.3, 0.4) is 0 Å². The molecule has 0 spiro atoms. The Bertz CT molecular complexity index is 125. The second-order valence-corrected chi connectivity index (χ2v) is 18.9. The van der Waals surface area contributed by atoms with Gasteiger partial charge in [0.2, 0.25) is 0 Å². The number of halogens is 1. The van der Waals surface area contributed by atoms with Gasteiger partial charge in [0, 0.05) is 15.5 Å². The van der Waals surface area contributed by atoms with Crippen LogP contribution < -0.4 is 0 Å². The lowest BCUT2D eigenvalue weighted by Gasteiger charge is -2.09. The standard InChI is InChI=1S/C6H14ClNSi2/c1-10(2,7)9-6-4-3-5-8/h3-4,6,9H2,1-2H3. The zero-order valence-electron chi connectivity index (χ0n) is 6.65. The van der Waals surface area contributed by atoms with E-state index in [2.05, 4.69) is 19.2 Å². The summed E-state index contributed by atoms with van der Waals surface area (Å²) in [6.07, 6.45) is 1.79. The van der Waals surface area contributed by atoms with E-state index in [1.165, 1.54) is 6.04 Å². The summed E-state index contributed by atoms with van der Waals surface area (Å²) in [4.78, 5) is 0. The predicted octanol–water partition coefficient (Wildman–Crippen LogP) is 1.82.